The van der Waals surface area contributed by atoms with Gasteiger partial charge < -0.3 is 5.11 Å². The molecule has 0 unspecified atom stereocenters. The van der Waals surface area contributed by atoms with Crippen LogP contribution in [-0.2, 0) is 0 Å². The quantitative estimate of drug-likeness (QED) is 0.664. The second kappa shape index (κ2) is 9.84. The molecule has 0 aliphatic carbocycles. The van der Waals surface area contributed by atoms with Gasteiger partial charge in [-0.3, -0.25) is 4.90 Å². The van der Waals surface area contributed by atoms with Crippen LogP contribution in [0.1, 0.15) is 75.6 Å². The largest absolute Gasteiger partial charge is 0.508 e. The van der Waals surface area contributed by atoms with Gasteiger partial charge in [-0.2, -0.15) is 0 Å². The Balaban J connectivity index is 0.00000760. The molecule has 1 N–H and O–H groups in total. The van der Waals surface area contributed by atoms with Crippen LogP contribution in [0.25, 0.3) is 0 Å². The summed E-state index contributed by atoms with van der Waals surface area (Å²) in [6.45, 7) is -14.1. The van der Waals surface area contributed by atoms with E-state index in [1.807, 2.05) is 0 Å². The summed E-state index contributed by atoms with van der Waals surface area (Å²) in [5.74, 6) is -0.947. The van der Waals surface area contributed by atoms with Crippen molar-refractivity contribution in [3.05, 3.63) is 65.2 Å². The Morgan fingerprint density at radius 2 is 1.68 bits per heavy atom. The third kappa shape index (κ3) is 5.76. The number of hydrogen-bond donors (Lipinski definition) is 1. The summed E-state index contributed by atoms with van der Waals surface area (Å²) < 4.78 is 112. The molecule has 0 amide bonds. The standard InChI is InChI=1S/C22H31NO.ClH/c1-16(2)23(17(3)4)14-13-20(19-9-7-6-8-10-19)21-15-18(5)11-12-22(21)24;/h6-12,15-17,20,24H,13-14H2,1-5H3;1H/t20-;/m1./s1/i1D3,2D3,3D3,4D3,16D,17D;. The van der Waals surface area contributed by atoms with E-state index in [2.05, 4.69) is 0 Å². The first-order valence-electron chi connectivity index (χ1n) is 14.6. The molecule has 0 heterocycles. The number of benzene rings is 2. The van der Waals surface area contributed by atoms with E-state index in [1.165, 1.54) is 6.07 Å². The minimum atomic E-state index is -3.78. The second-order valence-corrected chi connectivity index (χ2v) is 5.66. The summed E-state index contributed by atoms with van der Waals surface area (Å²) in [6, 6.07) is 5.61. The van der Waals surface area contributed by atoms with Crippen molar-refractivity contribution in [3.8, 4) is 5.75 Å². The molecule has 2 rings (SSSR count). The molecule has 25 heavy (non-hydrogen) atoms. The molecule has 0 aromatic heterocycles. The molecule has 2 nitrogen and oxygen atoms in total. The predicted molar refractivity (Wildman–Crippen MR) is 110 cm³/mol. The topological polar surface area (TPSA) is 23.5 Å². The number of rotatable bonds is 7. The maximum absolute atomic E-state index is 10.6. The summed E-state index contributed by atoms with van der Waals surface area (Å²) in [7, 11) is 0. The zero-order chi connectivity index (χ0) is 29.5. The number of aryl methyl sites for hydroxylation is 1. The van der Waals surface area contributed by atoms with E-state index in [0.29, 0.717) is 11.1 Å². The smallest absolute Gasteiger partial charge is 0.119 e. The number of nitrogens with zero attached hydrogens (tertiary/aromatic N) is 1. The van der Waals surface area contributed by atoms with Crippen molar-refractivity contribution in [1.82, 2.24) is 4.90 Å². The van der Waals surface area contributed by atoms with Crippen molar-refractivity contribution in [2.45, 2.75) is 58.7 Å². The summed E-state index contributed by atoms with van der Waals surface area (Å²) in [4.78, 5) is -0.0250. The van der Waals surface area contributed by atoms with E-state index in [-0.39, 0.29) is 29.5 Å². The minimum absolute atomic E-state index is 0. The maximum atomic E-state index is 10.6. The zero-order valence-electron chi connectivity index (χ0n) is 27.9. The highest BCUT2D eigenvalue weighted by Gasteiger charge is 2.21. The highest BCUT2D eigenvalue weighted by Crippen LogP contribution is 2.35. The lowest BCUT2D eigenvalue weighted by atomic mass is 9.87. The second-order valence-electron chi connectivity index (χ2n) is 5.66. The third-order valence-corrected chi connectivity index (χ3v) is 3.94. The third-order valence-electron chi connectivity index (χ3n) is 3.94. The van der Waals surface area contributed by atoms with Crippen LogP contribution in [0.3, 0.4) is 0 Å². The molecule has 0 saturated carbocycles. The van der Waals surface area contributed by atoms with E-state index in [4.69, 9.17) is 19.2 Å². The van der Waals surface area contributed by atoms with Crippen molar-refractivity contribution < 1.29 is 24.3 Å². The van der Waals surface area contributed by atoms with Gasteiger partial charge in [-0.15, -0.1) is 12.4 Å². The molecule has 0 saturated heterocycles. The average Bonchev–Trinajstić information content (AvgIpc) is 2.75. The molecular formula is C22H32ClNO. The molecule has 2 aromatic rings. The molecule has 3 heteroatoms. The van der Waals surface area contributed by atoms with E-state index < -0.39 is 51.9 Å². The summed E-state index contributed by atoms with van der Waals surface area (Å²) >= 11 is 0. The summed E-state index contributed by atoms with van der Waals surface area (Å²) in [5, 5.41) is 10.6. The van der Waals surface area contributed by atoms with Crippen molar-refractivity contribution >= 4 is 12.4 Å². The predicted octanol–water partition coefficient (Wildman–Crippen LogP) is 5.76. The highest BCUT2D eigenvalue weighted by atomic mass is 35.5. The Morgan fingerprint density at radius 3 is 2.28 bits per heavy atom. The first kappa shape index (κ1) is 8.45. The number of hydrogen-bond acceptors (Lipinski definition) is 2. The van der Waals surface area contributed by atoms with Crippen LogP contribution in [0, 0.1) is 6.92 Å². The van der Waals surface area contributed by atoms with Crippen LogP contribution < -0.4 is 0 Å². The van der Waals surface area contributed by atoms with Gasteiger partial charge in [-0.25, -0.2) is 0 Å². The Hall–Kier alpha value is -1.51. The van der Waals surface area contributed by atoms with Crippen molar-refractivity contribution in [1.29, 1.82) is 0 Å². The van der Waals surface area contributed by atoms with Crippen LogP contribution in [0.2, 0.25) is 0 Å². The Morgan fingerprint density at radius 1 is 1.04 bits per heavy atom. The van der Waals surface area contributed by atoms with Gasteiger partial charge in [0.05, 0.1) is 0 Å². The highest BCUT2D eigenvalue weighted by molar-refractivity contribution is 5.85. The normalized spacial score (nSPS) is 23.6. The molecule has 0 aliphatic rings. The maximum Gasteiger partial charge on any atom is 0.119 e. The van der Waals surface area contributed by atoms with Crippen LogP contribution in [-0.4, -0.2) is 28.6 Å². The molecule has 0 bridgehead atoms. The van der Waals surface area contributed by atoms with Gasteiger partial charge in [0.15, 0.2) is 0 Å². The number of phenolic OH excluding ortho intramolecular Hbond substituents is 1. The van der Waals surface area contributed by atoms with E-state index in [1.54, 1.807) is 49.4 Å². The van der Waals surface area contributed by atoms with E-state index in [0.717, 1.165) is 5.56 Å². The van der Waals surface area contributed by atoms with Crippen molar-refractivity contribution in [2.24, 2.45) is 0 Å². The van der Waals surface area contributed by atoms with Gasteiger partial charge >= 0.3 is 0 Å². The van der Waals surface area contributed by atoms with Crippen molar-refractivity contribution in [2.75, 3.05) is 6.54 Å². The van der Waals surface area contributed by atoms with Crippen LogP contribution >= 0.6 is 12.4 Å². The molecule has 1 atom stereocenters. The lowest BCUT2D eigenvalue weighted by molar-refractivity contribution is 0.170. The molecule has 0 aliphatic heterocycles. The zero-order valence-corrected chi connectivity index (χ0v) is 14.7. The minimum Gasteiger partial charge on any atom is -0.508 e. The number of aromatic hydroxyl groups is 1. The number of phenols is 1. The Bertz CT molecular complexity index is 1030. The van der Waals surface area contributed by atoms with Crippen LogP contribution in [0.15, 0.2) is 48.5 Å². The van der Waals surface area contributed by atoms with Gasteiger partial charge in [-0.05, 0) is 58.9 Å². The van der Waals surface area contributed by atoms with Gasteiger partial charge in [0, 0.05) is 42.7 Å². The molecule has 0 spiro atoms. The van der Waals surface area contributed by atoms with Gasteiger partial charge in [0.1, 0.15) is 5.75 Å². The molecular weight excluding hydrogens is 330 g/mol. The number of halogens is 1. The molecule has 2 aromatic carbocycles. The molecule has 0 radical (unpaired) electrons. The Kier molecular flexibility index (Phi) is 3.33. The first-order chi connectivity index (χ1) is 17.0. The molecule has 0 fully saturated rings. The van der Waals surface area contributed by atoms with E-state index >= 15 is 0 Å². The molecule has 138 valence electrons. The fraction of sp³-hybridized carbons (Fsp3) is 0.455. The average molecular weight is 376 g/mol. The lowest BCUT2D eigenvalue weighted by Crippen LogP contribution is -2.38. The van der Waals surface area contributed by atoms with Crippen LogP contribution in [0.5, 0.6) is 5.75 Å². The van der Waals surface area contributed by atoms with Gasteiger partial charge in [0.2, 0.25) is 0 Å². The lowest BCUT2D eigenvalue weighted by Gasteiger charge is -2.32. The van der Waals surface area contributed by atoms with E-state index in [9.17, 15) is 5.11 Å². The van der Waals surface area contributed by atoms with Gasteiger partial charge in [-0.1, -0.05) is 48.0 Å². The van der Waals surface area contributed by atoms with Crippen molar-refractivity contribution in [3.63, 3.8) is 0 Å². The first-order valence-corrected chi connectivity index (χ1v) is 7.62. The van der Waals surface area contributed by atoms with Gasteiger partial charge in [0.25, 0.3) is 0 Å². The van der Waals surface area contributed by atoms with Crippen LogP contribution in [0.4, 0.5) is 0 Å². The monoisotopic (exact) mass is 375 g/mol. The SMILES string of the molecule is Cl.[2H]C([2H])([2H])C([2H])(N(CC[C@H](c1ccccc1)c1cc(C)ccc1O)C([2H])(C([2H])([2H])[2H])C([2H])([2H])[2H])C([2H])([2H])[2H]. The fourth-order valence-corrected chi connectivity index (χ4v) is 2.73. The fourth-order valence-electron chi connectivity index (χ4n) is 2.73. The summed E-state index contributed by atoms with van der Waals surface area (Å²) in [6.07, 6.45) is -0.319. The summed E-state index contributed by atoms with van der Waals surface area (Å²) in [5.41, 5.74) is 1.66. The Labute approximate surface area is 179 Å².